The predicted octanol–water partition coefficient (Wildman–Crippen LogP) is 18.9. The van der Waals surface area contributed by atoms with Gasteiger partial charge in [-0.2, -0.15) is 0 Å². The van der Waals surface area contributed by atoms with Crippen LogP contribution in [0.2, 0.25) is 0 Å². The van der Waals surface area contributed by atoms with Crippen molar-refractivity contribution in [2.45, 2.75) is 330 Å². The van der Waals surface area contributed by atoms with Crippen molar-refractivity contribution in [1.82, 2.24) is 0 Å². The predicted molar refractivity (Wildman–Crippen MR) is 275 cm³/mol. The number of unbranched alkanes of at least 4 members (excludes halogenated alkanes) is 37. The number of rotatable bonds is 52. The van der Waals surface area contributed by atoms with E-state index in [9.17, 15) is 14.4 Å². The normalized spacial score (nSPS) is 12.0. The van der Waals surface area contributed by atoms with Gasteiger partial charge in [-0.05, 0) is 31.1 Å². The summed E-state index contributed by atoms with van der Waals surface area (Å²) in [5, 5.41) is 0. The van der Waals surface area contributed by atoms with E-state index in [-0.39, 0.29) is 31.1 Å². The molecule has 0 aromatic carbocycles. The quantitative estimate of drug-likeness (QED) is 0.0344. The summed E-state index contributed by atoms with van der Waals surface area (Å²) in [5.74, 6) is 0.820. The van der Waals surface area contributed by atoms with Gasteiger partial charge in [0.05, 0.1) is 0 Å². The molecule has 0 aliphatic heterocycles. The molecule has 0 unspecified atom stereocenters. The molecule has 0 aliphatic rings. The van der Waals surface area contributed by atoms with Gasteiger partial charge in [0.2, 0.25) is 0 Å². The van der Waals surface area contributed by atoms with E-state index in [1.165, 1.54) is 212 Å². The fraction of sp³-hybridized carbons (Fsp3) is 0.948. The lowest BCUT2D eigenvalue weighted by molar-refractivity contribution is -0.167. The average Bonchev–Trinajstić information content (AvgIpc) is 3.27. The minimum absolute atomic E-state index is 0.0629. The minimum Gasteiger partial charge on any atom is -0.462 e. The van der Waals surface area contributed by atoms with Gasteiger partial charge in [0.25, 0.3) is 0 Å². The number of hydrogen-bond donors (Lipinski definition) is 0. The van der Waals surface area contributed by atoms with Crippen molar-refractivity contribution in [2.75, 3.05) is 13.2 Å². The molecule has 0 aromatic heterocycles. The van der Waals surface area contributed by atoms with E-state index >= 15 is 0 Å². The molecule has 0 aliphatic carbocycles. The van der Waals surface area contributed by atoms with Crippen molar-refractivity contribution in [3.8, 4) is 0 Å². The maximum absolute atomic E-state index is 12.8. The fourth-order valence-corrected chi connectivity index (χ4v) is 8.87. The second kappa shape index (κ2) is 50.8. The van der Waals surface area contributed by atoms with Crippen LogP contribution < -0.4 is 0 Å². The van der Waals surface area contributed by atoms with Crippen molar-refractivity contribution in [3.63, 3.8) is 0 Å². The SMILES string of the molecule is CCCCCCCCCCCCCCCCCC(=O)OC[C@@H](COC(=O)CCCCCCCCCCCC(C)C)OC(=O)CCCCCCCCCCCCCCCCCCC(C)C. The average molecular weight is 906 g/mol. The topological polar surface area (TPSA) is 78.9 Å². The smallest absolute Gasteiger partial charge is 0.306 e. The van der Waals surface area contributed by atoms with E-state index in [0.29, 0.717) is 19.3 Å². The van der Waals surface area contributed by atoms with Crippen LogP contribution in [0.25, 0.3) is 0 Å². The first kappa shape index (κ1) is 62.4. The standard InChI is InChI=1S/C58H112O6/c1-6-7-8-9-10-11-12-13-16-20-23-28-33-38-43-48-56(59)62-51-55(52-63-57(60)49-44-39-34-30-25-27-32-37-42-47-54(4)5)64-58(61)50-45-40-35-29-24-21-18-15-14-17-19-22-26-31-36-41-46-53(2)3/h53-55H,6-52H2,1-5H3/t55-/m0/s1. The summed E-state index contributed by atoms with van der Waals surface area (Å²) in [7, 11) is 0. The molecule has 0 heterocycles. The lowest BCUT2D eigenvalue weighted by Crippen LogP contribution is -2.30. The summed E-state index contributed by atoms with van der Waals surface area (Å²) in [4.78, 5) is 38.1. The van der Waals surface area contributed by atoms with Gasteiger partial charge in [-0.3, -0.25) is 14.4 Å². The molecular formula is C58H112O6. The molecule has 1 atom stereocenters. The summed E-state index contributed by atoms with van der Waals surface area (Å²) in [6, 6.07) is 0. The number of carbonyl (C=O) groups is 3. The van der Waals surface area contributed by atoms with E-state index in [1.807, 2.05) is 0 Å². The molecule has 380 valence electrons. The third-order valence-corrected chi connectivity index (χ3v) is 13.2. The highest BCUT2D eigenvalue weighted by molar-refractivity contribution is 5.71. The first-order valence-electron chi connectivity index (χ1n) is 28.7. The Morgan fingerprint density at radius 2 is 0.516 bits per heavy atom. The van der Waals surface area contributed by atoms with Gasteiger partial charge in [0.1, 0.15) is 13.2 Å². The molecule has 0 bridgehead atoms. The van der Waals surface area contributed by atoms with Crippen molar-refractivity contribution in [1.29, 1.82) is 0 Å². The number of ether oxygens (including phenoxy) is 3. The highest BCUT2D eigenvalue weighted by Crippen LogP contribution is 2.18. The molecule has 0 saturated heterocycles. The number of carbonyl (C=O) groups excluding carboxylic acids is 3. The summed E-state index contributed by atoms with van der Waals surface area (Å²) in [5.41, 5.74) is 0. The van der Waals surface area contributed by atoms with Gasteiger partial charge in [-0.25, -0.2) is 0 Å². The maximum Gasteiger partial charge on any atom is 0.306 e. The van der Waals surface area contributed by atoms with Gasteiger partial charge < -0.3 is 14.2 Å². The Morgan fingerprint density at radius 3 is 0.766 bits per heavy atom. The molecule has 0 amide bonds. The van der Waals surface area contributed by atoms with Crippen LogP contribution in [-0.2, 0) is 28.6 Å². The van der Waals surface area contributed by atoms with E-state index in [2.05, 4.69) is 34.6 Å². The van der Waals surface area contributed by atoms with Crippen molar-refractivity contribution in [3.05, 3.63) is 0 Å². The third kappa shape index (κ3) is 51.4. The van der Waals surface area contributed by atoms with Gasteiger partial charge in [-0.1, -0.05) is 285 Å². The van der Waals surface area contributed by atoms with E-state index in [0.717, 1.165) is 69.6 Å². The summed E-state index contributed by atoms with van der Waals surface area (Å²) >= 11 is 0. The Kier molecular flexibility index (Phi) is 49.6. The van der Waals surface area contributed by atoms with E-state index < -0.39 is 6.10 Å². The zero-order chi connectivity index (χ0) is 46.8. The largest absolute Gasteiger partial charge is 0.462 e. The zero-order valence-electron chi connectivity index (χ0n) is 43.9. The minimum atomic E-state index is -0.762. The molecule has 0 aromatic rings. The van der Waals surface area contributed by atoms with Crippen molar-refractivity contribution >= 4 is 17.9 Å². The van der Waals surface area contributed by atoms with Crippen LogP contribution in [-0.4, -0.2) is 37.2 Å². The van der Waals surface area contributed by atoms with E-state index in [4.69, 9.17) is 14.2 Å². The zero-order valence-corrected chi connectivity index (χ0v) is 43.9. The van der Waals surface area contributed by atoms with Crippen LogP contribution in [0.5, 0.6) is 0 Å². The van der Waals surface area contributed by atoms with Crippen molar-refractivity contribution < 1.29 is 28.6 Å². The monoisotopic (exact) mass is 905 g/mol. The molecule has 64 heavy (non-hydrogen) atoms. The fourth-order valence-electron chi connectivity index (χ4n) is 8.87. The van der Waals surface area contributed by atoms with Crippen molar-refractivity contribution in [2.24, 2.45) is 11.8 Å². The molecule has 6 heteroatoms. The van der Waals surface area contributed by atoms with E-state index in [1.54, 1.807) is 0 Å². The second-order valence-corrected chi connectivity index (χ2v) is 20.9. The molecule has 0 N–H and O–H groups in total. The molecule has 0 radical (unpaired) electrons. The Balaban J connectivity index is 4.28. The Bertz CT molecular complexity index is 978. The van der Waals surface area contributed by atoms with Crippen LogP contribution in [0.1, 0.15) is 324 Å². The molecule has 0 saturated carbocycles. The molecular weight excluding hydrogens is 793 g/mol. The Labute approximate surface area is 399 Å². The molecule has 0 fully saturated rings. The van der Waals surface area contributed by atoms with Crippen LogP contribution in [0, 0.1) is 11.8 Å². The lowest BCUT2D eigenvalue weighted by atomic mass is 10.0. The molecule has 0 rings (SSSR count). The second-order valence-electron chi connectivity index (χ2n) is 20.9. The van der Waals surface area contributed by atoms with Gasteiger partial charge >= 0.3 is 17.9 Å². The highest BCUT2D eigenvalue weighted by atomic mass is 16.6. The van der Waals surface area contributed by atoms with Gasteiger partial charge in [0.15, 0.2) is 6.10 Å². The summed E-state index contributed by atoms with van der Waals surface area (Å²) in [6.07, 6.45) is 53.8. The first-order valence-corrected chi connectivity index (χ1v) is 28.7. The van der Waals surface area contributed by atoms with Gasteiger partial charge in [0, 0.05) is 19.3 Å². The Hall–Kier alpha value is -1.59. The summed E-state index contributed by atoms with van der Waals surface area (Å²) < 4.78 is 16.9. The van der Waals surface area contributed by atoms with Crippen LogP contribution in [0.3, 0.4) is 0 Å². The molecule has 6 nitrogen and oxygen atoms in total. The molecule has 0 spiro atoms. The van der Waals surface area contributed by atoms with Gasteiger partial charge in [-0.15, -0.1) is 0 Å². The lowest BCUT2D eigenvalue weighted by Gasteiger charge is -2.18. The van der Waals surface area contributed by atoms with Crippen LogP contribution in [0.15, 0.2) is 0 Å². The summed E-state index contributed by atoms with van der Waals surface area (Å²) in [6.45, 7) is 11.4. The Morgan fingerprint density at radius 1 is 0.297 bits per heavy atom. The van der Waals surface area contributed by atoms with Crippen LogP contribution in [0.4, 0.5) is 0 Å². The first-order chi connectivity index (χ1) is 31.2. The highest BCUT2D eigenvalue weighted by Gasteiger charge is 2.19. The number of esters is 3. The third-order valence-electron chi connectivity index (χ3n) is 13.2. The van der Waals surface area contributed by atoms with Crippen LogP contribution >= 0.6 is 0 Å². The maximum atomic E-state index is 12.8. The number of hydrogen-bond acceptors (Lipinski definition) is 6.